The molecule has 1 amide bonds. The smallest absolute Gasteiger partial charge is 0.335 e. The summed E-state index contributed by atoms with van der Waals surface area (Å²) < 4.78 is 39.4. The van der Waals surface area contributed by atoms with Crippen molar-refractivity contribution in [1.82, 2.24) is 25.2 Å². The summed E-state index contributed by atoms with van der Waals surface area (Å²) in [6, 6.07) is 4.71. The van der Waals surface area contributed by atoms with Crippen molar-refractivity contribution in [3.8, 4) is 5.69 Å². The zero-order chi connectivity index (χ0) is 16.4. The second kappa shape index (κ2) is 7.18. The summed E-state index contributed by atoms with van der Waals surface area (Å²) in [7, 11) is 0. The first-order chi connectivity index (χ1) is 10.9. The molecule has 0 unspecified atom stereocenters. The van der Waals surface area contributed by atoms with E-state index in [1.165, 1.54) is 23.0 Å². The summed E-state index contributed by atoms with van der Waals surface area (Å²) >= 11 is 0. The van der Waals surface area contributed by atoms with Gasteiger partial charge < -0.3 is 10.2 Å². The van der Waals surface area contributed by atoms with Gasteiger partial charge in [0.15, 0.2) is 5.69 Å². The van der Waals surface area contributed by atoms with Gasteiger partial charge in [0.1, 0.15) is 0 Å². The molecular weight excluding hydrogens is 347 g/mol. The van der Waals surface area contributed by atoms with Gasteiger partial charge in [-0.05, 0) is 18.2 Å². The fourth-order valence-corrected chi connectivity index (χ4v) is 2.34. The Hall–Kier alpha value is -2.13. The topological polar surface area (TPSA) is 63.1 Å². The Kier molecular flexibility index (Phi) is 5.45. The van der Waals surface area contributed by atoms with Crippen LogP contribution >= 0.6 is 12.4 Å². The van der Waals surface area contributed by atoms with Crippen molar-refractivity contribution < 1.29 is 18.0 Å². The number of carbonyl (C=O) groups excluding carboxylic acids is 1. The highest BCUT2D eigenvalue weighted by Gasteiger charge is 2.30. The first-order valence-electron chi connectivity index (χ1n) is 7.05. The Bertz CT molecular complexity index is 712. The average Bonchev–Trinajstić information content (AvgIpc) is 3.04. The van der Waals surface area contributed by atoms with E-state index in [2.05, 4.69) is 15.6 Å². The summed E-state index contributed by atoms with van der Waals surface area (Å²) in [6.07, 6.45) is -3.09. The number of carbonyl (C=O) groups is 1. The molecule has 3 rings (SSSR count). The molecule has 0 atom stereocenters. The standard InChI is InChI=1S/C14H14F3N5O.ClH/c15-14(16,17)10-2-1-3-11(8-10)22-9-12(19-20-22)13(23)21-6-4-18-5-7-21;/h1-3,8-9,18H,4-7H2;1H. The molecule has 0 spiro atoms. The number of halogens is 4. The van der Waals surface area contributed by atoms with Gasteiger partial charge in [0.2, 0.25) is 0 Å². The van der Waals surface area contributed by atoms with Crippen molar-refractivity contribution in [2.24, 2.45) is 0 Å². The zero-order valence-corrected chi connectivity index (χ0v) is 13.3. The molecule has 0 aliphatic carbocycles. The van der Waals surface area contributed by atoms with Crippen LogP contribution in [0.3, 0.4) is 0 Å². The van der Waals surface area contributed by atoms with Crippen LogP contribution < -0.4 is 5.32 Å². The van der Waals surface area contributed by atoms with Crippen molar-refractivity contribution in [2.45, 2.75) is 6.18 Å². The molecule has 0 bridgehead atoms. The first kappa shape index (κ1) is 18.2. The van der Waals surface area contributed by atoms with Gasteiger partial charge in [-0.1, -0.05) is 11.3 Å². The number of rotatable bonds is 2. The third-order valence-corrected chi connectivity index (χ3v) is 3.55. The fraction of sp³-hybridized carbons (Fsp3) is 0.357. The molecule has 6 nitrogen and oxygen atoms in total. The van der Waals surface area contributed by atoms with Gasteiger partial charge in [-0.15, -0.1) is 17.5 Å². The number of amides is 1. The van der Waals surface area contributed by atoms with Gasteiger partial charge in [-0.2, -0.15) is 13.2 Å². The van der Waals surface area contributed by atoms with Crippen molar-refractivity contribution in [3.05, 3.63) is 41.7 Å². The molecular formula is C14H15ClF3N5O. The Balaban J connectivity index is 0.00000208. The van der Waals surface area contributed by atoms with E-state index in [9.17, 15) is 18.0 Å². The van der Waals surface area contributed by atoms with Crippen molar-refractivity contribution in [2.75, 3.05) is 26.2 Å². The number of piperazine rings is 1. The van der Waals surface area contributed by atoms with E-state index in [-0.39, 0.29) is 29.7 Å². The monoisotopic (exact) mass is 361 g/mol. The van der Waals surface area contributed by atoms with E-state index in [4.69, 9.17) is 0 Å². The second-order valence-corrected chi connectivity index (χ2v) is 5.14. The van der Waals surface area contributed by atoms with Crippen LogP contribution in [0.1, 0.15) is 16.1 Å². The fourth-order valence-electron chi connectivity index (χ4n) is 2.34. The van der Waals surface area contributed by atoms with E-state index in [1.807, 2.05) is 0 Å². The van der Waals surface area contributed by atoms with Crippen LogP contribution in [0.15, 0.2) is 30.5 Å². The largest absolute Gasteiger partial charge is 0.416 e. The van der Waals surface area contributed by atoms with Gasteiger partial charge in [-0.25, -0.2) is 4.68 Å². The van der Waals surface area contributed by atoms with Crippen LogP contribution in [0.2, 0.25) is 0 Å². The van der Waals surface area contributed by atoms with E-state index in [1.54, 1.807) is 4.90 Å². The number of alkyl halides is 3. The molecule has 0 saturated carbocycles. The predicted octanol–water partition coefficient (Wildman–Crippen LogP) is 1.75. The van der Waals surface area contributed by atoms with Gasteiger partial charge in [0, 0.05) is 26.2 Å². The van der Waals surface area contributed by atoms with Crippen LogP contribution in [-0.2, 0) is 6.18 Å². The molecule has 1 fully saturated rings. The highest BCUT2D eigenvalue weighted by atomic mass is 35.5. The third kappa shape index (κ3) is 3.85. The van der Waals surface area contributed by atoms with Gasteiger partial charge in [0.25, 0.3) is 5.91 Å². The summed E-state index contributed by atoms with van der Waals surface area (Å²) in [4.78, 5) is 13.9. The highest BCUT2D eigenvalue weighted by Crippen LogP contribution is 2.30. The Morgan fingerprint density at radius 3 is 2.58 bits per heavy atom. The van der Waals surface area contributed by atoms with E-state index in [0.29, 0.717) is 26.2 Å². The molecule has 1 aromatic heterocycles. The Morgan fingerprint density at radius 1 is 1.21 bits per heavy atom. The third-order valence-electron chi connectivity index (χ3n) is 3.55. The van der Waals surface area contributed by atoms with E-state index in [0.717, 1.165) is 12.1 Å². The van der Waals surface area contributed by atoms with Crippen LogP contribution in [0.25, 0.3) is 5.69 Å². The molecule has 24 heavy (non-hydrogen) atoms. The van der Waals surface area contributed by atoms with E-state index < -0.39 is 11.7 Å². The van der Waals surface area contributed by atoms with E-state index >= 15 is 0 Å². The minimum atomic E-state index is -4.43. The molecule has 1 saturated heterocycles. The molecule has 1 aliphatic rings. The summed E-state index contributed by atoms with van der Waals surface area (Å²) in [5.41, 5.74) is -0.462. The first-order valence-corrected chi connectivity index (χ1v) is 7.05. The van der Waals surface area contributed by atoms with Crippen LogP contribution in [-0.4, -0.2) is 52.0 Å². The molecule has 0 radical (unpaired) electrons. The number of aromatic nitrogens is 3. The predicted molar refractivity (Wildman–Crippen MR) is 82.4 cm³/mol. The molecule has 2 aromatic rings. The number of nitrogens with zero attached hydrogens (tertiary/aromatic N) is 4. The molecule has 1 aliphatic heterocycles. The van der Waals surface area contributed by atoms with Crippen molar-refractivity contribution >= 4 is 18.3 Å². The summed E-state index contributed by atoms with van der Waals surface area (Å²) in [5, 5.41) is 10.7. The van der Waals surface area contributed by atoms with Crippen molar-refractivity contribution in [3.63, 3.8) is 0 Å². The van der Waals surface area contributed by atoms with Crippen LogP contribution in [0.4, 0.5) is 13.2 Å². The quantitative estimate of drug-likeness (QED) is 0.885. The Labute approximate surface area is 142 Å². The Morgan fingerprint density at radius 2 is 1.92 bits per heavy atom. The number of benzene rings is 1. The molecule has 1 aromatic carbocycles. The summed E-state index contributed by atoms with van der Waals surface area (Å²) in [5.74, 6) is -0.273. The molecule has 10 heteroatoms. The maximum atomic E-state index is 12.7. The lowest BCUT2D eigenvalue weighted by molar-refractivity contribution is -0.137. The van der Waals surface area contributed by atoms with Gasteiger partial charge in [0.05, 0.1) is 17.4 Å². The molecule has 1 N–H and O–H groups in total. The van der Waals surface area contributed by atoms with Crippen LogP contribution in [0, 0.1) is 0 Å². The molecule has 2 heterocycles. The number of hydrogen-bond donors (Lipinski definition) is 1. The van der Waals surface area contributed by atoms with Crippen molar-refractivity contribution in [1.29, 1.82) is 0 Å². The minimum absolute atomic E-state index is 0. The maximum absolute atomic E-state index is 12.7. The lowest BCUT2D eigenvalue weighted by Gasteiger charge is -2.26. The van der Waals surface area contributed by atoms with Gasteiger partial charge in [-0.3, -0.25) is 4.79 Å². The zero-order valence-electron chi connectivity index (χ0n) is 12.5. The normalized spacial score (nSPS) is 15.0. The highest BCUT2D eigenvalue weighted by molar-refractivity contribution is 5.92. The molecule has 130 valence electrons. The minimum Gasteiger partial charge on any atom is -0.335 e. The lowest BCUT2D eigenvalue weighted by Crippen LogP contribution is -2.46. The number of hydrogen-bond acceptors (Lipinski definition) is 4. The SMILES string of the molecule is Cl.O=C(c1cn(-c2cccc(C(F)(F)F)c2)nn1)N1CCNCC1. The average molecular weight is 362 g/mol. The number of nitrogens with one attached hydrogen (secondary N) is 1. The van der Waals surface area contributed by atoms with Gasteiger partial charge >= 0.3 is 6.18 Å². The maximum Gasteiger partial charge on any atom is 0.416 e. The second-order valence-electron chi connectivity index (χ2n) is 5.14. The van der Waals surface area contributed by atoms with Crippen LogP contribution in [0.5, 0.6) is 0 Å². The lowest BCUT2D eigenvalue weighted by atomic mass is 10.2. The summed E-state index contributed by atoms with van der Waals surface area (Å²) in [6.45, 7) is 2.53.